The summed E-state index contributed by atoms with van der Waals surface area (Å²) in [4.78, 5) is 0. The minimum absolute atomic E-state index is 0.239. The van der Waals surface area contributed by atoms with Gasteiger partial charge in [-0.25, -0.2) is 0 Å². The molecule has 15 heavy (non-hydrogen) atoms. The Balaban J connectivity index is 2.85. The van der Waals surface area contributed by atoms with E-state index < -0.39 is 0 Å². The summed E-state index contributed by atoms with van der Waals surface area (Å²) in [6, 6.07) is 0. The highest BCUT2D eigenvalue weighted by Gasteiger charge is 2.26. The van der Waals surface area contributed by atoms with Crippen LogP contribution in [-0.2, 0) is 0 Å². The van der Waals surface area contributed by atoms with E-state index in [2.05, 4.69) is 32.9 Å². The Labute approximate surface area is 93.9 Å². The first kappa shape index (κ1) is 12.5. The molecule has 0 aromatic heterocycles. The number of aliphatic hydroxyl groups is 1. The molecule has 1 nitrogen and oxygen atoms in total. The average molecular weight is 208 g/mol. The maximum absolute atomic E-state index is 8.99. The van der Waals surface area contributed by atoms with Gasteiger partial charge in [0.05, 0.1) is 0 Å². The molecule has 1 heteroatoms. The van der Waals surface area contributed by atoms with E-state index in [9.17, 15) is 0 Å². The van der Waals surface area contributed by atoms with Crippen molar-refractivity contribution >= 4 is 0 Å². The summed E-state index contributed by atoms with van der Waals surface area (Å²) >= 11 is 0. The Bertz CT molecular complexity index is 271. The molecular formula is C14H24O. The number of allylic oxidation sites excluding steroid dienone is 3. The smallest absolute Gasteiger partial charge is 0.0491 e. The highest BCUT2D eigenvalue weighted by atomic mass is 16.3. The van der Waals surface area contributed by atoms with Crippen molar-refractivity contribution < 1.29 is 5.11 Å². The van der Waals surface area contributed by atoms with Gasteiger partial charge in [-0.05, 0) is 43.1 Å². The lowest BCUT2D eigenvalue weighted by Crippen LogP contribution is -2.19. The molecule has 1 rings (SSSR count). The third kappa shape index (κ3) is 3.20. The number of hydrogen-bond acceptors (Lipinski definition) is 1. The van der Waals surface area contributed by atoms with Crippen LogP contribution in [0.1, 0.15) is 47.0 Å². The lowest BCUT2D eigenvalue weighted by atomic mass is 9.72. The summed E-state index contributed by atoms with van der Waals surface area (Å²) in [5.74, 6) is 0.267. The Kier molecular flexibility index (Phi) is 4.15. The maximum atomic E-state index is 8.99. The molecule has 0 saturated heterocycles. The third-order valence-electron chi connectivity index (χ3n) is 3.42. The van der Waals surface area contributed by atoms with Crippen LogP contribution in [0.15, 0.2) is 23.3 Å². The van der Waals surface area contributed by atoms with Crippen molar-refractivity contribution in [2.45, 2.75) is 47.0 Å². The molecule has 0 aromatic rings. The van der Waals surface area contributed by atoms with Crippen LogP contribution < -0.4 is 0 Å². The van der Waals surface area contributed by atoms with E-state index in [4.69, 9.17) is 5.11 Å². The molecule has 0 amide bonds. The molecule has 0 radical (unpaired) electrons. The van der Waals surface area contributed by atoms with Crippen molar-refractivity contribution in [3.8, 4) is 0 Å². The first-order valence-electron chi connectivity index (χ1n) is 5.96. The van der Waals surface area contributed by atoms with E-state index in [0.29, 0.717) is 5.41 Å². The Hall–Kier alpha value is -0.560. The summed E-state index contributed by atoms with van der Waals surface area (Å²) < 4.78 is 0. The normalized spacial score (nSPS) is 23.5. The van der Waals surface area contributed by atoms with Crippen LogP contribution in [0.3, 0.4) is 0 Å². The number of hydrogen-bond donors (Lipinski definition) is 1. The van der Waals surface area contributed by atoms with Crippen LogP contribution >= 0.6 is 0 Å². The molecule has 0 heterocycles. The molecule has 1 atom stereocenters. The van der Waals surface area contributed by atoms with Gasteiger partial charge in [-0.15, -0.1) is 0 Å². The fourth-order valence-electron chi connectivity index (χ4n) is 2.33. The highest BCUT2D eigenvalue weighted by Crippen LogP contribution is 2.40. The predicted molar refractivity (Wildman–Crippen MR) is 65.7 cm³/mol. The minimum Gasteiger partial charge on any atom is -0.396 e. The van der Waals surface area contributed by atoms with Gasteiger partial charge in [0.15, 0.2) is 0 Å². The second kappa shape index (κ2) is 4.98. The van der Waals surface area contributed by atoms with Gasteiger partial charge in [0.25, 0.3) is 0 Å². The molecule has 86 valence electrons. The first-order valence-corrected chi connectivity index (χ1v) is 5.96. The molecule has 0 fully saturated rings. The van der Waals surface area contributed by atoms with Gasteiger partial charge in [-0.1, -0.05) is 38.5 Å². The zero-order valence-corrected chi connectivity index (χ0v) is 10.5. The molecular weight excluding hydrogens is 184 g/mol. The first-order chi connectivity index (χ1) is 6.97. The molecule has 0 saturated carbocycles. The van der Waals surface area contributed by atoms with Crippen molar-refractivity contribution in [2.75, 3.05) is 6.61 Å². The van der Waals surface area contributed by atoms with Crippen molar-refractivity contribution in [3.05, 3.63) is 23.3 Å². The van der Waals surface area contributed by atoms with Crippen LogP contribution in [-0.4, -0.2) is 11.7 Å². The van der Waals surface area contributed by atoms with Crippen LogP contribution in [0, 0.1) is 11.3 Å². The van der Waals surface area contributed by atoms with Crippen LogP contribution in [0.2, 0.25) is 0 Å². The van der Waals surface area contributed by atoms with Crippen molar-refractivity contribution in [1.82, 2.24) is 0 Å². The number of aliphatic hydroxyl groups excluding tert-OH is 1. The second-order valence-corrected chi connectivity index (χ2v) is 5.45. The quantitative estimate of drug-likeness (QED) is 0.750. The molecule has 1 aliphatic carbocycles. The Morgan fingerprint density at radius 2 is 2.13 bits per heavy atom. The summed E-state index contributed by atoms with van der Waals surface area (Å²) in [5, 5.41) is 8.99. The fraction of sp³-hybridized carbons (Fsp3) is 0.714. The Morgan fingerprint density at radius 1 is 1.47 bits per heavy atom. The molecule has 1 unspecified atom stereocenters. The van der Waals surface area contributed by atoms with E-state index in [1.807, 2.05) is 6.92 Å². The topological polar surface area (TPSA) is 20.2 Å². The van der Waals surface area contributed by atoms with Crippen molar-refractivity contribution in [3.63, 3.8) is 0 Å². The van der Waals surface area contributed by atoms with E-state index in [-0.39, 0.29) is 12.5 Å². The lowest BCUT2D eigenvalue weighted by Gasteiger charge is -2.33. The predicted octanol–water partition coefficient (Wildman–Crippen LogP) is 3.70. The van der Waals surface area contributed by atoms with Crippen LogP contribution in [0.5, 0.6) is 0 Å². The van der Waals surface area contributed by atoms with Gasteiger partial charge in [-0.3, -0.25) is 0 Å². The minimum atomic E-state index is 0.239. The van der Waals surface area contributed by atoms with Gasteiger partial charge in [0, 0.05) is 6.61 Å². The van der Waals surface area contributed by atoms with Gasteiger partial charge >= 0.3 is 0 Å². The molecule has 1 N–H and O–H groups in total. The standard InChI is InChI=1S/C14H24O/c1-11(10-15)7-8-13-12(2)6-5-9-14(13,3)4/h7-8,11,15H,5-6,9-10H2,1-4H3. The van der Waals surface area contributed by atoms with Gasteiger partial charge in [0.1, 0.15) is 0 Å². The van der Waals surface area contributed by atoms with E-state index >= 15 is 0 Å². The maximum Gasteiger partial charge on any atom is 0.0491 e. The van der Waals surface area contributed by atoms with Crippen LogP contribution in [0.4, 0.5) is 0 Å². The largest absolute Gasteiger partial charge is 0.396 e. The lowest BCUT2D eigenvalue weighted by molar-refractivity contribution is 0.261. The van der Waals surface area contributed by atoms with Gasteiger partial charge in [-0.2, -0.15) is 0 Å². The zero-order valence-electron chi connectivity index (χ0n) is 10.5. The SMILES string of the molecule is CC1=C(C=CC(C)CO)C(C)(C)CCC1. The zero-order chi connectivity index (χ0) is 11.5. The summed E-state index contributed by atoms with van der Waals surface area (Å²) in [6.07, 6.45) is 8.18. The molecule has 0 aromatic carbocycles. The molecule has 0 bridgehead atoms. The highest BCUT2D eigenvalue weighted by molar-refractivity contribution is 5.32. The molecule has 0 spiro atoms. The molecule has 1 aliphatic rings. The average Bonchev–Trinajstić information content (AvgIpc) is 2.15. The summed E-state index contributed by atoms with van der Waals surface area (Å²) in [5.41, 5.74) is 3.32. The van der Waals surface area contributed by atoms with Gasteiger partial charge < -0.3 is 5.11 Å². The van der Waals surface area contributed by atoms with E-state index in [1.165, 1.54) is 30.4 Å². The molecule has 0 aliphatic heterocycles. The van der Waals surface area contributed by atoms with Gasteiger partial charge in [0.2, 0.25) is 0 Å². The summed E-state index contributed by atoms with van der Waals surface area (Å²) in [7, 11) is 0. The Morgan fingerprint density at radius 3 is 2.67 bits per heavy atom. The monoisotopic (exact) mass is 208 g/mol. The van der Waals surface area contributed by atoms with E-state index in [0.717, 1.165) is 0 Å². The fourth-order valence-corrected chi connectivity index (χ4v) is 2.33. The third-order valence-corrected chi connectivity index (χ3v) is 3.42. The number of rotatable bonds is 3. The van der Waals surface area contributed by atoms with Crippen molar-refractivity contribution in [1.29, 1.82) is 0 Å². The van der Waals surface area contributed by atoms with Crippen LogP contribution in [0.25, 0.3) is 0 Å². The van der Waals surface area contributed by atoms with E-state index in [1.54, 1.807) is 0 Å². The second-order valence-electron chi connectivity index (χ2n) is 5.45. The van der Waals surface area contributed by atoms with Crippen molar-refractivity contribution in [2.24, 2.45) is 11.3 Å². The summed E-state index contributed by atoms with van der Waals surface area (Å²) in [6.45, 7) is 9.16.